The molecule has 0 unspecified atom stereocenters. The second-order valence-electron chi connectivity index (χ2n) is 5.67. The predicted octanol–water partition coefficient (Wildman–Crippen LogP) is 2.87. The van der Waals surface area contributed by atoms with Crippen molar-refractivity contribution in [3.8, 4) is 0 Å². The van der Waals surface area contributed by atoms with Crippen molar-refractivity contribution in [2.24, 2.45) is 11.3 Å². The van der Waals surface area contributed by atoms with Gasteiger partial charge in [-0.3, -0.25) is 4.79 Å². The van der Waals surface area contributed by atoms with Gasteiger partial charge in [0.15, 0.2) is 0 Å². The summed E-state index contributed by atoms with van der Waals surface area (Å²) in [6.45, 7) is 10.5. The first-order valence-electron chi connectivity index (χ1n) is 6.52. The molecule has 0 aliphatic heterocycles. The second kappa shape index (κ2) is 6.08. The fraction of sp³-hybridized carbons (Fsp3) is 0.786. The summed E-state index contributed by atoms with van der Waals surface area (Å²) in [7, 11) is 0. The summed E-state index contributed by atoms with van der Waals surface area (Å²) in [5, 5.41) is 3.28. The number of carbonyl (C=O) groups excluding carboxylic acids is 1. The number of esters is 1. The van der Waals surface area contributed by atoms with Crippen LogP contribution in [0.5, 0.6) is 0 Å². The Morgan fingerprint density at radius 1 is 1.47 bits per heavy atom. The molecule has 1 aliphatic rings. The molecular formula is C14H25NO2. The zero-order valence-corrected chi connectivity index (χ0v) is 11.3. The zero-order valence-electron chi connectivity index (χ0n) is 11.3. The molecule has 0 saturated heterocycles. The van der Waals surface area contributed by atoms with E-state index >= 15 is 0 Å². The van der Waals surface area contributed by atoms with Gasteiger partial charge in [-0.2, -0.15) is 0 Å². The van der Waals surface area contributed by atoms with E-state index in [1.807, 2.05) is 6.92 Å². The average Bonchev–Trinajstić information content (AvgIpc) is 2.37. The quantitative estimate of drug-likeness (QED) is 0.605. The smallest absolute Gasteiger partial charge is 0.308 e. The fourth-order valence-electron chi connectivity index (χ4n) is 2.79. The maximum absolute atomic E-state index is 11.8. The molecule has 1 rings (SSSR count). The van der Waals surface area contributed by atoms with Crippen molar-refractivity contribution in [1.82, 2.24) is 5.32 Å². The summed E-state index contributed by atoms with van der Waals surface area (Å²) < 4.78 is 5.15. The van der Waals surface area contributed by atoms with Crippen LogP contribution in [0.15, 0.2) is 12.8 Å². The third kappa shape index (κ3) is 4.41. The topological polar surface area (TPSA) is 38.3 Å². The first kappa shape index (κ1) is 14.1. The second-order valence-corrected chi connectivity index (χ2v) is 5.67. The Morgan fingerprint density at radius 2 is 2.18 bits per heavy atom. The van der Waals surface area contributed by atoms with E-state index in [2.05, 4.69) is 25.7 Å². The molecule has 0 radical (unpaired) electrons. The Kier molecular flexibility index (Phi) is 5.03. The highest BCUT2D eigenvalue weighted by Gasteiger charge is 2.34. The van der Waals surface area contributed by atoms with Crippen LogP contribution >= 0.6 is 0 Å². The van der Waals surface area contributed by atoms with Crippen LogP contribution in [0.4, 0.5) is 0 Å². The van der Waals surface area contributed by atoms with Crippen molar-refractivity contribution in [3.63, 3.8) is 0 Å². The Bertz CT molecular complexity index is 273. The lowest BCUT2D eigenvalue weighted by atomic mass is 9.80. The zero-order chi connectivity index (χ0) is 12.9. The number of hydrogen-bond donors (Lipinski definition) is 1. The summed E-state index contributed by atoms with van der Waals surface area (Å²) in [5.74, 6) is 0.0291. The van der Waals surface area contributed by atoms with E-state index < -0.39 is 0 Å². The van der Waals surface area contributed by atoms with Crippen molar-refractivity contribution in [3.05, 3.63) is 12.8 Å². The van der Waals surface area contributed by atoms with Gasteiger partial charge < -0.3 is 10.1 Å². The average molecular weight is 239 g/mol. The van der Waals surface area contributed by atoms with Crippen LogP contribution in [0.2, 0.25) is 0 Å². The third-order valence-electron chi connectivity index (χ3n) is 3.44. The van der Waals surface area contributed by atoms with Gasteiger partial charge in [-0.15, -0.1) is 0 Å². The summed E-state index contributed by atoms with van der Waals surface area (Å²) in [6, 6.07) is 0.432. The molecule has 1 fully saturated rings. The van der Waals surface area contributed by atoms with Gasteiger partial charge in [-0.25, -0.2) is 0 Å². The van der Waals surface area contributed by atoms with Crippen LogP contribution in [0.3, 0.4) is 0 Å². The van der Waals surface area contributed by atoms with Crippen LogP contribution in [-0.4, -0.2) is 18.6 Å². The Balaban J connectivity index is 2.66. The normalized spacial score (nSPS) is 27.9. The van der Waals surface area contributed by atoms with Crippen molar-refractivity contribution in [2.75, 3.05) is 6.61 Å². The lowest BCUT2D eigenvalue weighted by Gasteiger charge is -2.28. The molecule has 0 spiro atoms. The first-order valence-corrected chi connectivity index (χ1v) is 6.52. The highest BCUT2D eigenvalue weighted by atomic mass is 16.5. The highest BCUT2D eigenvalue weighted by molar-refractivity contribution is 5.72. The molecule has 0 aromatic heterocycles. The Morgan fingerprint density at radius 3 is 2.76 bits per heavy atom. The van der Waals surface area contributed by atoms with E-state index in [1.165, 1.54) is 0 Å². The minimum Gasteiger partial charge on any atom is -0.466 e. The van der Waals surface area contributed by atoms with Crippen molar-refractivity contribution in [1.29, 1.82) is 0 Å². The molecule has 0 aromatic carbocycles. The van der Waals surface area contributed by atoms with Crippen molar-refractivity contribution < 1.29 is 9.53 Å². The Hall–Kier alpha value is -0.990. The SMILES string of the molecule is C=CN[C@@H]1CC[C@@H](C(=O)OCC)CC(C)(C)C1. The number of carbonyl (C=O) groups is 1. The van der Waals surface area contributed by atoms with E-state index in [-0.39, 0.29) is 17.3 Å². The first-order chi connectivity index (χ1) is 7.98. The van der Waals surface area contributed by atoms with Crippen LogP contribution < -0.4 is 5.32 Å². The summed E-state index contributed by atoms with van der Waals surface area (Å²) in [5.41, 5.74) is 0.175. The standard InChI is InChI=1S/C14H25NO2/c1-5-15-12-8-7-11(13(16)17-6-2)9-14(3,4)10-12/h5,11-12,15H,1,6-10H2,2-4H3/t11-,12-/m1/s1. The van der Waals surface area contributed by atoms with E-state index in [0.29, 0.717) is 12.6 Å². The minimum absolute atomic E-state index is 0.0279. The summed E-state index contributed by atoms with van der Waals surface area (Å²) in [6.07, 6.45) is 5.67. The molecule has 1 saturated carbocycles. The van der Waals surface area contributed by atoms with E-state index in [0.717, 1.165) is 25.7 Å². The van der Waals surface area contributed by atoms with Crippen LogP contribution in [0.1, 0.15) is 46.5 Å². The molecule has 98 valence electrons. The van der Waals surface area contributed by atoms with Crippen molar-refractivity contribution in [2.45, 2.75) is 52.5 Å². The molecule has 17 heavy (non-hydrogen) atoms. The van der Waals surface area contributed by atoms with E-state index in [1.54, 1.807) is 6.20 Å². The van der Waals surface area contributed by atoms with Gasteiger partial charge in [0.05, 0.1) is 12.5 Å². The maximum atomic E-state index is 11.8. The van der Waals surface area contributed by atoms with Crippen LogP contribution in [-0.2, 0) is 9.53 Å². The molecule has 0 aromatic rings. The van der Waals surface area contributed by atoms with Gasteiger partial charge in [0.1, 0.15) is 0 Å². The van der Waals surface area contributed by atoms with Gasteiger partial charge in [0, 0.05) is 6.04 Å². The number of nitrogens with one attached hydrogen (secondary N) is 1. The van der Waals surface area contributed by atoms with Crippen LogP contribution in [0.25, 0.3) is 0 Å². The fourth-order valence-corrected chi connectivity index (χ4v) is 2.79. The predicted molar refractivity (Wildman–Crippen MR) is 69.5 cm³/mol. The molecular weight excluding hydrogens is 214 g/mol. The van der Waals surface area contributed by atoms with E-state index in [4.69, 9.17) is 4.74 Å². The molecule has 1 aliphatic carbocycles. The lowest BCUT2D eigenvalue weighted by molar-refractivity contribution is -0.149. The molecule has 2 atom stereocenters. The Labute approximate surface area is 105 Å². The molecule has 0 bridgehead atoms. The van der Waals surface area contributed by atoms with Gasteiger partial charge >= 0.3 is 5.97 Å². The molecule has 1 N–H and O–H groups in total. The lowest BCUT2D eigenvalue weighted by Crippen LogP contribution is -2.28. The van der Waals surface area contributed by atoms with Crippen LogP contribution in [0, 0.1) is 11.3 Å². The molecule has 3 nitrogen and oxygen atoms in total. The van der Waals surface area contributed by atoms with Gasteiger partial charge in [-0.05, 0) is 44.2 Å². The summed E-state index contributed by atoms with van der Waals surface area (Å²) in [4.78, 5) is 11.8. The van der Waals surface area contributed by atoms with Crippen molar-refractivity contribution >= 4 is 5.97 Å². The number of ether oxygens (including phenoxy) is 1. The molecule has 3 heteroatoms. The number of hydrogen-bond acceptors (Lipinski definition) is 3. The third-order valence-corrected chi connectivity index (χ3v) is 3.44. The molecule has 0 heterocycles. The maximum Gasteiger partial charge on any atom is 0.308 e. The minimum atomic E-state index is -0.0279. The van der Waals surface area contributed by atoms with Gasteiger partial charge in [-0.1, -0.05) is 20.4 Å². The van der Waals surface area contributed by atoms with Gasteiger partial charge in [0.2, 0.25) is 0 Å². The van der Waals surface area contributed by atoms with E-state index in [9.17, 15) is 4.79 Å². The van der Waals surface area contributed by atoms with Gasteiger partial charge in [0.25, 0.3) is 0 Å². The highest BCUT2D eigenvalue weighted by Crippen LogP contribution is 2.37. The monoisotopic (exact) mass is 239 g/mol. The number of rotatable bonds is 4. The largest absolute Gasteiger partial charge is 0.466 e. The summed E-state index contributed by atoms with van der Waals surface area (Å²) >= 11 is 0. The molecule has 0 amide bonds.